The van der Waals surface area contributed by atoms with Gasteiger partial charge < -0.3 is 11.1 Å². The van der Waals surface area contributed by atoms with Gasteiger partial charge in [0.25, 0.3) is 0 Å². The molecule has 0 bridgehead atoms. The third kappa shape index (κ3) is 3.96. The topological polar surface area (TPSA) is 58.4 Å². The molecule has 0 spiro atoms. The van der Waals surface area contributed by atoms with Gasteiger partial charge in [-0.05, 0) is 37.1 Å². The Morgan fingerprint density at radius 1 is 1.16 bits per heavy atom. The minimum atomic E-state index is -0.853. The molecule has 1 aliphatic heterocycles. The third-order valence-corrected chi connectivity index (χ3v) is 4.58. The minimum Gasteiger partial charge on any atom is -0.381 e. The number of carbonyl (C=O) groups is 1. The summed E-state index contributed by atoms with van der Waals surface area (Å²) in [6, 6.07) is 11.5. The Morgan fingerprint density at radius 2 is 1.92 bits per heavy atom. The standard InChI is InChI=1S/C19H21F2N3O/c20-15-7-3-6-13(18(15)21)11-23-16-8-2-1-5-14(16)12-24-10-4-9-17(24)19(22)25/h1-3,5-8,17,23H,4,9-12H2,(H2,22,25)/t17-/m1/s1. The molecule has 0 saturated carbocycles. The Balaban J connectivity index is 1.73. The monoisotopic (exact) mass is 345 g/mol. The molecule has 1 amide bonds. The number of halogens is 2. The van der Waals surface area contributed by atoms with E-state index in [1.807, 2.05) is 24.3 Å². The Bertz CT molecular complexity index is 766. The summed E-state index contributed by atoms with van der Waals surface area (Å²) in [5.41, 5.74) is 7.57. The first kappa shape index (κ1) is 17.4. The van der Waals surface area contributed by atoms with Crippen LogP contribution in [0, 0.1) is 11.6 Å². The number of hydrogen-bond donors (Lipinski definition) is 2. The molecule has 0 aliphatic carbocycles. The van der Waals surface area contributed by atoms with Crippen molar-refractivity contribution < 1.29 is 13.6 Å². The number of anilines is 1. The number of benzene rings is 2. The van der Waals surface area contributed by atoms with Gasteiger partial charge in [0.15, 0.2) is 11.6 Å². The van der Waals surface area contributed by atoms with Gasteiger partial charge in [0.2, 0.25) is 5.91 Å². The number of hydrogen-bond acceptors (Lipinski definition) is 3. The molecule has 1 heterocycles. The van der Waals surface area contributed by atoms with E-state index in [-0.39, 0.29) is 24.1 Å². The summed E-state index contributed by atoms with van der Waals surface area (Å²) in [4.78, 5) is 13.6. The van der Waals surface area contributed by atoms with E-state index in [4.69, 9.17) is 5.73 Å². The molecule has 0 unspecified atom stereocenters. The number of nitrogens with one attached hydrogen (secondary N) is 1. The van der Waals surface area contributed by atoms with Gasteiger partial charge >= 0.3 is 0 Å². The first-order valence-corrected chi connectivity index (χ1v) is 8.34. The summed E-state index contributed by atoms with van der Waals surface area (Å²) in [6.07, 6.45) is 1.72. The van der Waals surface area contributed by atoms with Crippen LogP contribution in [0.25, 0.3) is 0 Å². The maximum atomic E-state index is 13.8. The molecule has 4 nitrogen and oxygen atoms in total. The number of rotatable bonds is 6. The molecule has 1 fully saturated rings. The van der Waals surface area contributed by atoms with Gasteiger partial charge in [-0.25, -0.2) is 8.78 Å². The molecular weight excluding hydrogens is 324 g/mol. The van der Waals surface area contributed by atoms with Gasteiger partial charge in [-0.3, -0.25) is 9.69 Å². The summed E-state index contributed by atoms with van der Waals surface area (Å²) in [5, 5.41) is 3.17. The van der Waals surface area contributed by atoms with Crippen LogP contribution in [0.15, 0.2) is 42.5 Å². The van der Waals surface area contributed by atoms with Crippen LogP contribution < -0.4 is 11.1 Å². The SMILES string of the molecule is NC(=O)[C@H]1CCCN1Cc1ccccc1NCc1cccc(F)c1F. The van der Waals surface area contributed by atoms with E-state index < -0.39 is 11.6 Å². The molecule has 0 aromatic heterocycles. The molecule has 132 valence electrons. The molecule has 3 rings (SSSR count). The van der Waals surface area contributed by atoms with Gasteiger partial charge in [0.05, 0.1) is 6.04 Å². The fraction of sp³-hybridized carbons (Fsp3) is 0.316. The van der Waals surface area contributed by atoms with Gasteiger partial charge in [0.1, 0.15) is 0 Å². The van der Waals surface area contributed by atoms with Crippen LogP contribution >= 0.6 is 0 Å². The van der Waals surface area contributed by atoms with Gasteiger partial charge in [-0.15, -0.1) is 0 Å². The van der Waals surface area contributed by atoms with E-state index >= 15 is 0 Å². The van der Waals surface area contributed by atoms with Crippen molar-refractivity contribution in [2.24, 2.45) is 5.73 Å². The summed E-state index contributed by atoms with van der Waals surface area (Å²) in [6.45, 7) is 1.59. The normalized spacial score (nSPS) is 17.6. The quantitative estimate of drug-likeness (QED) is 0.846. The molecule has 1 saturated heterocycles. The van der Waals surface area contributed by atoms with E-state index in [1.165, 1.54) is 6.07 Å². The lowest BCUT2D eigenvalue weighted by Gasteiger charge is -2.23. The maximum Gasteiger partial charge on any atom is 0.234 e. The molecule has 1 atom stereocenters. The van der Waals surface area contributed by atoms with E-state index in [2.05, 4.69) is 10.2 Å². The van der Waals surface area contributed by atoms with Gasteiger partial charge in [-0.2, -0.15) is 0 Å². The maximum absolute atomic E-state index is 13.8. The van der Waals surface area contributed by atoms with Crippen molar-refractivity contribution in [1.82, 2.24) is 4.90 Å². The predicted octanol–water partition coefficient (Wildman–Crippen LogP) is 3.03. The lowest BCUT2D eigenvalue weighted by Crippen LogP contribution is -2.39. The number of para-hydroxylation sites is 1. The Hall–Kier alpha value is -2.47. The van der Waals surface area contributed by atoms with E-state index in [0.717, 1.165) is 36.7 Å². The molecular formula is C19H21F2N3O. The van der Waals surface area contributed by atoms with Crippen LogP contribution in [0.1, 0.15) is 24.0 Å². The molecule has 2 aromatic rings. The Labute approximate surface area is 145 Å². The molecule has 25 heavy (non-hydrogen) atoms. The zero-order valence-corrected chi connectivity index (χ0v) is 13.8. The van der Waals surface area contributed by atoms with Crippen molar-refractivity contribution in [3.8, 4) is 0 Å². The van der Waals surface area contributed by atoms with Crippen molar-refractivity contribution >= 4 is 11.6 Å². The van der Waals surface area contributed by atoms with Crippen molar-refractivity contribution in [3.63, 3.8) is 0 Å². The van der Waals surface area contributed by atoms with Crippen LogP contribution in [0.5, 0.6) is 0 Å². The molecule has 6 heteroatoms. The first-order valence-electron chi connectivity index (χ1n) is 8.34. The second-order valence-electron chi connectivity index (χ2n) is 6.25. The lowest BCUT2D eigenvalue weighted by atomic mass is 10.1. The minimum absolute atomic E-state index is 0.180. The zero-order chi connectivity index (χ0) is 17.8. The van der Waals surface area contributed by atoms with Crippen molar-refractivity contribution in [1.29, 1.82) is 0 Å². The summed E-state index contributed by atoms with van der Waals surface area (Å²) in [5.74, 6) is -1.99. The molecule has 2 aromatic carbocycles. The smallest absolute Gasteiger partial charge is 0.234 e. The van der Waals surface area contributed by atoms with Crippen LogP contribution in [0.2, 0.25) is 0 Å². The van der Waals surface area contributed by atoms with Gasteiger partial charge in [-0.1, -0.05) is 30.3 Å². The fourth-order valence-electron chi connectivity index (χ4n) is 3.26. The van der Waals surface area contributed by atoms with E-state index in [1.54, 1.807) is 6.07 Å². The lowest BCUT2D eigenvalue weighted by molar-refractivity contribution is -0.122. The highest BCUT2D eigenvalue weighted by Gasteiger charge is 2.29. The van der Waals surface area contributed by atoms with E-state index in [0.29, 0.717) is 6.54 Å². The third-order valence-electron chi connectivity index (χ3n) is 4.58. The van der Waals surface area contributed by atoms with Gasteiger partial charge in [0, 0.05) is 24.3 Å². The number of likely N-dealkylation sites (tertiary alicyclic amines) is 1. The average Bonchev–Trinajstić information content (AvgIpc) is 3.06. The van der Waals surface area contributed by atoms with Crippen molar-refractivity contribution in [2.45, 2.75) is 32.0 Å². The van der Waals surface area contributed by atoms with Crippen LogP contribution in [0.3, 0.4) is 0 Å². The average molecular weight is 345 g/mol. The number of nitrogens with zero attached hydrogens (tertiary/aromatic N) is 1. The zero-order valence-electron chi connectivity index (χ0n) is 13.8. The van der Waals surface area contributed by atoms with E-state index in [9.17, 15) is 13.6 Å². The van der Waals surface area contributed by atoms with Crippen LogP contribution in [0.4, 0.5) is 14.5 Å². The summed E-state index contributed by atoms with van der Waals surface area (Å²) >= 11 is 0. The molecule has 1 aliphatic rings. The molecule has 0 radical (unpaired) electrons. The number of carbonyl (C=O) groups excluding carboxylic acids is 1. The van der Waals surface area contributed by atoms with Crippen molar-refractivity contribution in [3.05, 3.63) is 65.2 Å². The highest BCUT2D eigenvalue weighted by molar-refractivity contribution is 5.80. The first-order chi connectivity index (χ1) is 12.1. The Kier molecular flexibility index (Phi) is 5.28. The number of amides is 1. The highest BCUT2D eigenvalue weighted by Crippen LogP contribution is 2.24. The van der Waals surface area contributed by atoms with Crippen LogP contribution in [-0.2, 0) is 17.9 Å². The second kappa shape index (κ2) is 7.61. The molecule has 3 N–H and O–H groups in total. The largest absolute Gasteiger partial charge is 0.381 e. The summed E-state index contributed by atoms with van der Waals surface area (Å²) < 4.78 is 27.1. The summed E-state index contributed by atoms with van der Waals surface area (Å²) in [7, 11) is 0. The fourth-order valence-corrected chi connectivity index (χ4v) is 3.26. The van der Waals surface area contributed by atoms with Crippen LogP contribution in [-0.4, -0.2) is 23.4 Å². The highest BCUT2D eigenvalue weighted by atomic mass is 19.2. The number of nitrogens with two attached hydrogens (primary N) is 1. The Morgan fingerprint density at radius 3 is 2.72 bits per heavy atom. The van der Waals surface area contributed by atoms with Crippen molar-refractivity contribution in [2.75, 3.05) is 11.9 Å². The number of primary amides is 1. The predicted molar refractivity (Wildman–Crippen MR) is 92.8 cm³/mol. The second-order valence-corrected chi connectivity index (χ2v) is 6.25.